The maximum absolute atomic E-state index is 11.1. The quantitative estimate of drug-likeness (QED) is 0.722. The normalized spacial score (nSPS) is 23.9. The Morgan fingerprint density at radius 3 is 2.69 bits per heavy atom. The predicted molar refractivity (Wildman–Crippen MR) is 65.3 cm³/mol. The summed E-state index contributed by atoms with van der Waals surface area (Å²) in [6, 6.07) is 0. The Balaban J connectivity index is 2.33. The number of hydrogen-bond acceptors (Lipinski definition) is 4. The predicted octanol–water partition coefficient (Wildman–Crippen LogP) is 0.778. The molecular weight excluding hydrogens is 226 g/mol. The summed E-state index contributed by atoms with van der Waals surface area (Å²) in [6.07, 6.45) is 2.61. The minimum atomic E-state index is -2.85. The molecule has 1 aliphatic rings. The van der Waals surface area contributed by atoms with E-state index in [0.29, 0.717) is 12.5 Å². The van der Waals surface area contributed by atoms with E-state index in [2.05, 4.69) is 18.7 Å². The molecule has 1 heterocycles. The minimum absolute atomic E-state index is 0.251. The van der Waals surface area contributed by atoms with Gasteiger partial charge in [-0.3, -0.25) is 4.90 Å². The lowest BCUT2D eigenvalue weighted by Gasteiger charge is -2.33. The first-order chi connectivity index (χ1) is 7.37. The van der Waals surface area contributed by atoms with E-state index in [1.165, 1.54) is 6.26 Å². The maximum atomic E-state index is 11.1. The summed E-state index contributed by atoms with van der Waals surface area (Å²) in [6.45, 7) is 7.44. The third-order valence-electron chi connectivity index (χ3n) is 2.74. The summed E-state index contributed by atoms with van der Waals surface area (Å²) in [5, 5.41) is 0. The highest BCUT2D eigenvalue weighted by molar-refractivity contribution is 7.90. The van der Waals surface area contributed by atoms with Crippen molar-refractivity contribution in [2.75, 3.05) is 38.2 Å². The van der Waals surface area contributed by atoms with Gasteiger partial charge in [0.15, 0.2) is 0 Å². The fraction of sp³-hybridized carbons (Fsp3) is 1.00. The molecule has 0 aliphatic carbocycles. The number of ether oxygens (including phenoxy) is 1. The maximum Gasteiger partial charge on any atom is 0.148 e. The minimum Gasteiger partial charge on any atom is -0.376 e. The fourth-order valence-corrected chi connectivity index (χ4v) is 2.54. The second-order valence-electron chi connectivity index (χ2n) is 5.05. The summed E-state index contributed by atoms with van der Waals surface area (Å²) in [7, 11) is -2.85. The van der Waals surface area contributed by atoms with Crippen LogP contribution in [0.1, 0.15) is 20.3 Å². The van der Waals surface area contributed by atoms with Crippen LogP contribution in [-0.2, 0) is 14.6 Å². The average molecular weight is 249 g/mol. The molecule has 16 heavy (non-hydrogen) atoms. The molecule has 0 N–H and O–H groups in total. The third kappa shape index (κ3) is 5.82. The molecule has 0 spiro atoms. The molecule has 0 saturated carbocycles. The van der Waals surface area contributed by atoms with Crippen LogP contribution >= 0.6 is 0 Å². The number of rotatable bonds is 5. The standard InChI is InChI=1S/C11H23NO3S/c1-10(2)8-11-9-12(4-6-15-11)5-7-16(3,13)14/h10-11H,4-9H2,1-3H3. The Bertz CT molecular complexity index is 300. The van der Waals surface area contributed by atoms with E-state index in [-0.39, 0.29) is 11.9 Å². The van der Waals surface area contributed by atoms with Crippen molar-refractivity contribution in [2.24, 2.45) is 5.92 Å². The van der Waals surface area contributed by atoms with E-state index in [1.54, 1.807) is 0 Å². The number of hydrogen-bond donors (Lipinski definition) is 0. The molecule has 96 valence electrons. The Morgan fingerprint density at radius 1 is 1.44 bits per heavy atom. The molecule has 0 aromatic heterocycles. The zero-order chi connectivity index (χ0) is 12.2. The summed E-state index contributed by atoms with van der Waals surface area (Å²) in [5.74, 6) is 0.876. The summed E-state index contributed by atoms with van der Waals surface area (Å²) in [5.41, 5.74) is 0. The molecule has 1 unspecified atom stereocenters. The molecule has 0 aromatic carbocycles. The molecule has 5 heteroatoms. The third-order valence-corrected chi connectivity index (χ3v) is 3.66. The van der Waals surface area contributed by atoms with Gasteiger partial charge < -0.3 is 4.74 Å². The molecule has 1 rings (SSSR count). The summed E-state index contributed by atoms with van der Waals surface area (Å²) in [4.78, 5) is 2.19. The Hall–Kier alpha value is -0.130. The van der Waals surface area contributed by atoms with Gasteiger partial charge in [0.1, 0.15) is 9.84 Å². The first-order valence-electron chi connectivity index (χ1n) is 5.88. The highest BCUT2D eigenvalue weighted by Crippen LogP contribution is 2.13. The Morgan fingerprint density at radius 2 is 2.12 bits per heavy atom. The van der Waals surface area contributed by atoms with Crippen molar-refractivity contribution in [1.29, 1.82) is 0 Å². The van der Waals surface area contributed by atoms with Crippen LogP contribution in [0.3, 0.4) is 0 Å². The van der Waals surface area contributed by atoms with Gasteiger partial charge >= 0.3 is 0 Å². The van der Waals surface area contributed by atoms with E-state index in [1.807, 2.05) is 0 Å². The number of nitrogens with zero attached hydrogens (tertiary/aromatic N) is 1. The lowest BCUT2D eigenvalue weighted by Crippen LogP contribution is -2.44. The number of sulfone groups is 1. The highest BCUT2D eigenvalue weighted by Gasteiger charge is 2.21. The van der Waals surface area contributed by atoms with Crippen LogP contribution < -0.4 is 0 Å². The SMILES string of the molecule is CC(C)CC1CN(CCS(C)(=O)=O)CCO1. The van der Waals surface area contributed by atoms with Gasteiger partial charge in [-0.15, -0.1) is 0 Å². The molecule has 0 bridgehead atoms. The fourth-order valence-electron chi connectivity index (χ4n) is 1.95. The smallest absolute Gasteiger partial charge is 0.148 e. The molecule has 1 aliphatic heterocycles. The van der Waals surface area contributed by atoms with Gasteiger partial charge in [0.25, 0.3) is 0 Å². The van der Waals surface area contributed by atoms with Crippen molar-refractivity contribution in [2.45, 2.75) is 26.4 Å². The van der Waals surface area contributed by atoms with Crippen molar-refractivity contribution in [3.8, 4) is 0 Å². The van der Waals surface area contributed by atoms with Crippen LogP contribution in [0.2, 0.25) is 0 Å². The average Bonchev–Trinajstić information content (AvgIpc) is 2.13. The molecule has 0 radical (unpaired) electrons. The first-order valence-corrected chi connectivity index (χ1v) is 7.94. The summed E-state index contributed by atoms with van der Waals surface area (Å²) >= 11 is 0. The topological polar surface area (TPSA) is 46.6 Å². The van der Waals surface area contributed by atoms with Crippen LogP contribution in [0, 0.1) is 5.92 Å². The molecular formula is C11H23NO3S. The van der Waals surface area contributed by atoms with Gasteiger partial charge in [-0.2, -0.15) is 0 Å². The van der Waals surface area contributed by atoms with Crippen molar-refractivity contribution < 1.29 is 13.2 Å². The van der Waals surface area contributed by atoms with Gasteiger partial charge in [-0.25, -0.2) is 8.42 Å². The molecule has 1 atom stereocenters. The Labute approximate surface area is 98.9 Å². The van der Waals surface area contributed by atoms with E-state index in [0.717, 1.165) is 26.1 Å². The number of morpholine rings is 1. The zero-order valence-electron chi connectivity index (χ0n) is 10.5. The molecule has 0 amide bonds. The van der Waals surface area contributed by atoms with Crippen molar-refractivity contribution in [3.63, 3.8) is 0 Å². The molecule has 4 nitrogen and oxygen atoms in total. The first kappa shape index (κ1) is 13.9. The van der Waals surface area contributed by atoms with E-state index in [4.69, 9.17) is 4.74 Å². The summed E-state index contributed by atoms with van der Waals surface area (Å²) < 4.78 is 27.8. The Kier molecular flexibility index (Phi) is 5.21. The van der Waals surface area contributed by atoms with E-state index >= 15 is 0 Å². The van der Waals surface area contributed by atoms with Crippen molar-refractivity contribution in [3.05, 3.63) is 0 Å². The van der Waals surface area contributed by atoms with Crippen LogP contribution in [0.4, 0.5) is 0 Å². The van der Waals surface area contributed by atoms with E-state index < -0.39 is 9.84 Å². The molecule has 1 fully saturated rings. The molecule has 1 saturated heterocycles. The zero-order valence-corrected chi connectivity index (χ0v) is 11.3. The van der Waals surface area contributed by atoms with E-state index in [9.17, 15) is 8.42 Å². The van der Waals surface area contributed by atoms with Gasteiger partial charge in [0.05, 0.1) is 18.5 Å². The van der Waals surface area contributed by atoms with Gasteiger partial charge in [-0.05, 0) is 12.3 Å². The largest absolute Gasteiger partial charge is 0.376 e. The second kappa shape index (κ2) is 5.98. The molecule has 0 aromatic rings. The highest BCUT2D eigenvalue weighted by atomic mass is 32.2. The van der Waals surface area contributed by atoms with Crippen molar-refractivity contribution >= 4 is 9.84 Å². The van der Waals surface area contributed by atoms with Crippen LogP contribution in [0.5, 0.6) is 0 Å². The second-order valence-corrected chi connectivity index (χ2v) is 7.31. The van der Waals surface area contributed by atoms with Gasteiger partial charge in [-0.1, -0.05) is 13.8 Å². The van der Waals surface area contributed by atoms with Gasteiger partial charge in [0, 0.05) is 25.9 Å². The lowest BCUT2D eigenvalue weighted by molar-refractivity contribution is -0.0353. The van der Waals surface area contributed by atoms with Gasteiger partial charge in [0.2, 0.25) is 0 Å². The van der Waals surface area contributed by atoms with Crippen LogP contribution in [0.25, 0.3) is 0 Å². The lowest BCUT2D eigenvalue weighted by atomic mass is 10.0. The van der Waals surface area contributed by atoms with Crippen molar-refractivity contribution in [1.82, 2.24) is 4.90 Å². The van der Waals surface area contributed by atoms with Crippen LogP contribution in [-0.4, -0.2) is 57.7 Å². The van der Waals surface area contributed by atoms with Crippen LogP contribution in [0.15, 0.2) is 0 Å². The monoisotopic (exact) mass is 249 g/mol.